The van der Waals surface area contributed by atoms with E-state index in [9.17, 15) is 0 Å². The summed E-state index contributed by atoms with van der Waals surface area (Å²) in [5.41, 5.74) is 8.43. The summed E-state index contributed by atoms with van der Waals surface area (Å²) in [5.74, 6) is 0. The Labute approximate surface area is 103 Å². The Morgan fingerprint density at radius 3 is 3.00 bits per heavy atom. The lowest BCUT2D eigenvalue weighted by molar-refractivity contribution is -0.00134. The number of hydrogen-bond donors (Lipinski definition) is 1. The largest absolute Gasteiger partial charge is 0.374 e. The fourth-order valence-electron chi connectivity index (χ4n) is 2.57. The minimum absolute atomic E-state index is 0.0476. The van der Waals surface area contributed by atoms with Crippen molar-refractivity contribution < 1.29 is 4.74 Å². The Morgan fingerprint density at radius 1 is 1.65 bits per heavy atom. The van der Waals surface area contributed by atoms with E-state index in [-0.39, 0.29) is 11.6 Å². The second kappa shape index (κ2) is 4.78. The summed E-state index contributed by atoms with van der Waals surface area (Å²) >= 11 is 0. The third-order valence-corrected chi connectivity index (χ3v) is 3.75. The predicted molar refractivity (Wildman–Crippen MR) is 67.9 cm³/mol. The van der Waals surface area contributed by atoms with Gasteiger partial charge in [0.25, 0.3) is 0 Å². The molecule has 1 aliphatic heterocycles. The molecular formula is C13H23N3O. The molecular weight excluding hydrogens is 214 g/mol. The maximum Gasteiger partial charge on any atom is 0.0809 e. The van der Waals surface area contributed by atoms with E-state index >= 15 is 0 Å². The highest BCUT2D eigenvalue weighted by atomic mass is 16.5. The van der Waals surface area contributed by atoms with E-state index in [0.717, 1.165) is 38.1 Å². The molecule has 96 valence electrons. The van der Waals surface area contributed by atoms with Crippen LogP contribution in [-0.2, 0) is 17.7 Å². The zero-order chi connectivity index (χ0) is 12.5. The molecule has 2 heterocycles. The minimum atomic E-state index is -0.156. The third-order valence-electron chi connectivity index (χ3n) is 3.75. The zero-order valence-electron chi connectivity index (χ0n) is 11.1. The van der Waals surface area contributed by atoms with Crippen LogP contribution in [0.15, 0.2) is 6.07 Å². The topological polar surface area (TPSA) is 53.1 Å². The summed E-state index contributed by atoms with van der Waals surface area (Å²) in [6.07, 6.45) is 3.02. The maximum atomic E-state index is 6.31. The first-order chi connectivity index (χ1) is 8.05. The summed E-state index contributed by atoms with van der Waals surface area (Å²) in [4.78, 5) is 0. The van der Waals surface area contributed by atoms with Crippen molar-refractivity contribution in [1.82, 2.24) is 9.78 Å². The molecule has 4 nitrogen and oxygen atoms in total. The van der Waals surface area contributed by atoms with E-state index in [2.05, 4.69) is 25.0 Å². The van der Waals surface area contributed by atoms with Crippen molar-refractivity contribution in [2.75, 3.05) is 6.61 Å². The summed E-state index contributed by atoms with van der Waals surface area (Å²) in [5, 5.41) is 4.45. The minimum Gasteiger partial charge on any atom is -0.374 e. The van der Waals surface area contributed by atoms with Gasteiger partial charge in [0.15, 0.2) is 0 Å². The maximum absolute atomic E-state index is 6.31. The molecule has 0 radical (unpaired) electrons. The SMILES string of the molecule is CCn1nc(C)cc1CC(N)C1(C)CCCO1. The van der Waals surface area contributed by atoms with Gasteiger partial charge in [-0.2, -0.15) is 5.10 Å². The van der Waals surface area contributed by atoms with Crippen LogP contribution in [0.4, 0.5) is 0 Å². The molecule has 0 spiro atoms. The fourth-order valence-corrected chi connectivity index (χ4v) is 2.57. The van der Waals surface area contributed by atoms with E-state index < -0.39 is 0 Å². The lowest BCUT2D eigenvalue weighted by Gasteiger charge is -2.30. The van der Waals surface area contributed by atoms with E-state index in [1.807, 2.05) is 11.6 Å². The first-order valence-electron chi connectivity index (χ1n) is 6.48. The van der Waals surface area contributed by atoms with Gasteiger partial charge in [0.05, 0.1) is 11.3 Å². The van der Waals surface area contributed by atoms with E-state index in [0.29, 0.717) is 0 Å². The van der Waals surface area contributed by atoms with Gasteiger partial charge in [-0.1, -0.05) is 0 Å². The van der Waals surface area contributed by atoms with Crippen molar-refractivity contribution in [1.29, 1.82) is 0 Å². The summed E-state index contributed by atoms with van der Waals surface area (Å²) < 4.78 is 7.84. The van der Waals surface area contributed by atoms with Crippen LogP contribution in [-0.4, -0.2) is 28.0 Å². The lowest BCUT2D eigenvalue weighted by atomic mass is 9.90. The Morgan fingerprint density at radius 2 is 2.41 bits per heavy atom. The molecule has 2 unspecified atom stereocenters. The van der Waals surface area contributed by atoms with Gasteiger partial charge in [-0.15, -0.1) is 0 Å². The molecule has 0 amide bonds. The first-order valence-corrected chi connectivity index (χ1v) is 6.48. The summed E-state index contributed by atoms with van der Waals surface area (Å²) in [6, 6.07) is 2.17. The molecule has 2 atom stereocenters. The van der Waals surface area contributed by atoms with Gasteiger partial charge in [-0.3, -0.25) is 4.68 Å². The highest BCUT2D eigenvalue weighted by molar-refractivity contribution is 5.12. The van der Waals surface area contributed by atoms with E-state index in [4.69, 9.17) is 10.5 Å². The lowest BCUT2D eigenvalue weighted by Crippen LogP contribution is -2.46. The van der Waals surface area contributed by atoms with Gasteiger partial charge in [0, 0.05) is 31.3 Å². The van der Waals surface area contributed by atoms with Crippen LogP contribution in [0.3, 0.4) is 0 Å². The molecule has 2 N–H and O–H groups in total. The molecule has 1 saturated heterocycles. The number of aryl methyl sites for hydroxylation is 2. The monoisotopic (exact) mass is 237 g/mol. The molecule has 0 bridgehead atoms. The van der Waals surface area contributed by atoms with Crippen LogP contribution in [0.2, 0.25) is 0 Å². The number of hydrogen-bond acceptors (Lipinski definition) is 3. The Kier molecular flexibility index (Phi) is 3.54. The average Bonchev–Trinajstić information content (AvgIpc) is 2.86. The molecule has 0 saturated carbocycles. The molecule has 1 aromatic heterocycles. The van der Waals surface area contributed by atoms with E-state index in [1.165, 1.54) is 5.69 Å². The van der Waals surface area contributed by atoms with Crippen molar-refractivity contribution in [3.63, 3.8) is 0 Å². The van der Waals surface area contributed by atoms with Gasteiger partial charge >= 0.3 is 0 Å². The molecule has 4 heteroatoms. The second-order valence-corrected chi connectivity index (χ2v) is 5.17. The molecule has 2 rings (SSSR count). The van der Waals surface area contributed by atoms with Crippen molar-refractivity contribution in [2.24, 2.45) is 5.73 Å². The summed E-state index contributed by atoms with van der Waals surface area (Å²) in [6.45, 7) is 8.00. The second-order valence-electron chi connectivity index (χ2n) is 5.17. The van der Waals surface area contributed by atoms with Crippen molar-refractivity contribution in [3.05, 3.63) is 17.5 Å². The standard InChI is InChI=1S/C13H23N3O/c1-4-16-11(8-10(2)15-16)9-12(14)13(3)6-5-7-17-13/h8,12H,4-7,9,14H2,1-3H3. The molecule has 17 heavy (non-hydrogen) atoms. The smallest absolute Gasteiger partial charge is 0.0809 e. The van der Waals surface area contributed by atoms with Crippen molar-refractivity contribution in [2.45, 2.75) is 58.2 Å². The fraction of sp³-hybridized carbons (Fsp3) is 0.769. The van der Waals surface area contributed by atoms with Crippen LogP contribution in [0.25, 0.3) is 0 Å². The van der Waals surface area contributed by atoms with Crippen LogP contribution in [0, 0.1) is 6.92 Å². The molecule has 1 fully saturated rings. The van der Waals surface area contributed by atoms with Gasteiger partial charge in [0.2, 0.25) is 0 Å². The van der Waals surface area contributed by atoms with Crippen LogP contribution in [0.1, 0.15) is 38.1 Å². The number of ether oxygens (including phenoxy) is 1. The molecule has 1 aromatic rings. The third kappa shape index (κ3) is 2.53. The number of nitrogens with two attached hydrogens (primary N) is 1. The van der Waals surface area contributed by atoms with E-state index in [1.54, 1.807) is 0 Å². The van der Waals surface area contributed by atoms with Gasteiger partial charge < -0.3 is 10.5 Å². The van der Waals surface area contributed by atoms with Crippen LogP contribution >= 0.6 is 0 Å². The zero-order valence-corrected chi connectivity index (χ0v) is 11.1. The highest BCUT2D eigenvalue weighted by Crippen LogP contribution is 2.29. The normalized spacial score (nSPS) is 26.4. The number of rotatable bonds is 4. The summed E-state index contributed by atoms with van der Waals surface area (Å²) in [7, 11) is 0. The highest BCUT2D eigenvalue weighted by Gasteiger charge is 2.36. The number of nitrogens with zero attached hydrogens (tertiary/aromatic N) is 2. The Bertz CT molecular complexity index is 380. The predicted octanol–water partition coefficient (Wildman–Crippen LogP) is 1.65. The van der Waals surface area contributed by atoms with Crippen LogP contribution < -0.4 is 5.73 Å². The van der Waals surface area contributed by atoms with Crippen molar-refractivity contribution >= 4 is 0 Å². The van der Waals surface area contributed by atoms with Crippen LogP contribution in [0.5, 0.6) is 0 Å². The first kappa shape index (κ1) is 12.6. The molecule has 0 aliphatic carbocycles. The van der Waals surface area contributed by atoms with Crippen molar-refractivity contribution in [3.8, 4) is 0 Å². The number of aromatic nitrogens is 2. The Hall–Kier alpha value is -0.870. The van der Waals surface area contributed by atoms with Gasteiger partial charge in [0.1, 0.15) is 0 Å². The van der Waals surface area contributed by atoms with Gasteiger partial charge in [-0.05, 0) is 39.7 Å². The molecule has 1 aliphatic rings. The average molecular weight is 237 g/mol. The molecule has 0 aromatic carbocycles. The Balaban J connectivity index is 2.09. The van der Waals surface area contributed by atoms with Gasteiger partial charge in [-0.25, -0.2) is 0 Å². The quantitative estimate of drug-likeness (QED) is 0.866.